The molecule has 0 amide bonds. The topological polar surface area (TPSA) is 51.2 Å². The highest BCUT2D eigenvalue weighted by molar-refractivity contribution is 7.92. The molecule has 0 bridgehead atoms. The van der Waals surface area contributed by atoms with E-state index in [9.17, 15) is 12.6 Å². The summed E-state index contributed by atoms with van der Waals surface area (Å²) < 4.78 is 34.0. The first-order valence-corrected chi connectivity index (χ1v) is 8.85. The predicted molar refractivity (Wildman–Crippen MR) is 72.3 cm³/mol. The maximum Gasteiger partial charge on any atom is 0.148 e. The molecule has 96 valence electrons. The summed E-state index contributed by atoms with van der Waals surface area (Å²) in [5, 5.41) is -0.128. The van der Waals surface area contributed by atoms with Gasteiger partial charge in [-0.15, -0.1) is 0 Å². The van der Waals surface area contributed by atoms with Crippen molar-refractivity contribution in [3.05, 3.63) is 35.4 Å². The maximum absolute atomic E-state index is 11.9. The molecule has 1 aromatic carbocycles. The van der Waals surface area contributed by atoms with Gasteiger partial charge in [0.2, 0.25) is 0 Å². The van der Waals surface area contributed by atoms with Gasteiger partial charge in [0.15, 0.2) is 0 Å². The Bertz CT molecular complexity index is 506. The summed E-state index contributed by atoms with van der Waals surface area (Å²) in [7, 11) is -4.19. The van der Waals surface area contributed by atoms with Gasteiger partial charge in [0.05, 0.1) is 11.0 Å². The summed E-state index contributed by atoms with van der Waals surface area (Å²) in [6.07, 6.45) is 1.17. The van der Waals surface area contributed by atoms with Crippen LogP contribution in [0.3, 0.4) is 0 Å². The van der Waals surface area contributed by atoms with Gasteiger partial charge >= 0.3 is 0 Å². The van der Waals surface area contributed by atoms with Crippen LogP contribution in [0.1, 0.15) is 23.3 Å². The number of sulfone groups is 1. The van der Waals surface area contributed by atoms with Gasteiger partial charge < -0.3 is 0 Å². The summed E-state index contributed by atoms with van der Waals surface area (Å²) >= 11 is 0. The Kier molecular flexibility index (Phi) is 4.89. The summed E-state index contributed by atoms with van der Waals surface area (Å²) in [5.41, 5.74) is 2.12. The summed E-state index contributed by atoms with van der Waals surface area (Å²) in [5.74, 6) is 0.184. The van der Waals surface area contributed by atoms with E-state index in [0.717, 1.165) is 11.1 Å². The molecule has 0 aliphatic heterocycles. The minimum absolute atomic E-state index is 0.0181. The van der Waals surface area contributed by atoms with Crippen molar-refractivity contribution in [1.82, 2.24) is 0 Å². The highest BCUT2D eigenvalue weighted by atomic mass is 32.2. The van der Waals surface area contributed by atoms with Crippen LogP contribution in [0.2, 0.25) is 0 Å². The lowest BCUT2D eigenvalue weighted by molar-refractivity contribution is 0.602. The molecule has 0 heterocycles. The lowest BCUT2D eigenvalue weighted by atomic mass is 10.1. The zero-order valence-corrected chi connectivity index (χ0v) is 12.0. The first-order valence-electron chi connectivity index (χ1n) is 5.41. The third-order valence-electron chi connectivity index (χ3n) is 2.56. The monoisotopic (exact) mass is 274 g/mol. The van der Waals surface area contributed by atoms with E-state index in [-0.39, 0.29) is 16.8 Å². The number of hydrogen-bond acceptors (Lipinski definition) is 3. The smallest absolute Gasteiger partial charge is 0.148 e. The van der Waals surface area contributed by atoms with Gasteiger partial charge in [0, 0.05) is 22.8 Å². The average molecular weight is 274 g/mol. The molecule has 1 rings (SSSR count). The third kappa shape index (κ3) is 5.00. The quantitative estimate of drug-likeness (QED) is 0.823. The molecule has 2 atom stereocenters. The van der Waals surface area contributed by atoms with Gasteiger partial charge in [-0.3, -0.25) is 4.21 Å². The summed E-state index contributed by atoms with van der Waals surface area (Å²) in [4.78, 5) is 0. The third-order valence-corrected chi connectivity index (χ3v) is 5.43. The highest BCUT2D eigenvalue weighted by Gasteiger charge is 2.15. The maximum atomic E-state index is 11.9. The van der Waals surface area contributed by atoms with Crippen molar-refractivity contribution in [2.24, 2.45) is 0 Å². The van der Waals surface area contributed by atoms with Gasteiger partial charge in [-0.2, -0.15) is 0 Å². The van der Waals surface area contributed by atoms with Crippen LogP contribution in [-0.4, -0.2) is 30.4 Å². The second-order valence-electron chi connectivity index (χ2n) is 4.27. The van der Waals surface area contributed by atoms with Crippen LogP contribution in [-0.2, 0) is 20.6 Å². The fraction of sp³-hybridized carbons (Fsp3) is 0.500. The Morgan fingerprint density at radius 1 is 1.35 bits per heavy atom. The molecular formula is C12H18O3S2. The van der Waals surface area contributed by atoms with E-state index in [1.54, 1.807) is 0 Å². The van der Waals surface area contributed by atoms with Gasteiger partial charge in [0.1, 0.15) is 9.84 Å². The Hall–Kier alpha value is -0.680. The van der Waals surface area contributed by atoms with Crippen molar-refractivity contribution in [3.8, 4) is 0 Å². The second-order valence-corrected chi connectivity index (χ2v) is 8.41. The van der Waals surface area contributed by atoms with Crippen molar-refractivity contribution < 1.29 is 12.6 Å². The van der Waals surface area contributed by atoms with Crippen LogP contribution in [0, 0.1) is 6.92 Å². The number of rotatable bonds is 5. The SMILES string of the molecule is Cc1cccc([C@H](C)[S@@](=O)CCS(C)(=O)=O)c1. The highest BCUT2D eigenvalue weighted by Crippen LogP contribution is 2.20. The first kappa shape index (κ1) is 14.4. The minimum Gasteiger partial charge on any atom is -0.259 e. The predicted octanol–water partition coefficient (Wildman–Crippen LogP) is 1.85. The average Bonchev–Trinajstić information content (AvgIpc) is 2.24. The van der Waals surface area contributed by atoms with E-state index < -0.39 is 20.6 Å². The molecule has 0 radical (unpaired) electrons. The molecule has 0 fully saturated rings. The number of aryl methyl sites for hydroxylation is 1. The van der Waals surface area contributed by atoms with Gasteiger partial charge in [-0.1, -0.05) is 29.8 Å². The van der Waals surface area contributed by atoms with E-state index >= 15 is 0 Å². The standard InChI is InChI=1S/C12H18O3S2/c1-10-5-4-6-12(9-10)11(2)16(13)7-8-17(3,14)15/h4-6,9,11H,7-8H2,1-3H3/t11-,16-/m0/s1. The van der Waals surface area contributed by atoms with E-state index in [1.165, 1.54) is 6.26 Å². The van der Waals surface area contributed by atoms with Gasteiger partial charge in [-0.25, -0.2) is 8.42 Å². The zero-order valence-electron chi connectivity index (χ0n) is 10.3. The molecule has 0 N–H and O–H groups in total. The normalized spacial score (nSPS) is 15.5. The molecule has 1 aromatic rings. The molecule has 0 spiro atoms. The lowest BCUT2D eigenvalue weighted by Crippen LogP contribution is -2.15. The Morgan fingerprint density at radius 2 is 2.00 bits per heavy atom. The molecule has 3 nitrogen and oxygen atoms in total. The fourth-order valence-electron chi connectivity index (χ4n) is 1.49. The van der Waals surface area contributed by atoms with Crippen LogP contribution in [0.15, 0.2) is 24.3 Å². The van der Waals surface area contributed by atoms with Gasteiger partial charge in [-0.05, 0) is 19.4 Å². The van der Waals surface area contributed by atoms with Gasteiger partial charge in [0.25, 0.3) is 0 Å². The fourth-order valence-corrected chi connectivity index (χ4v) is 4.16. The van der Waals surface area contributed by atoms with E-state index in [2.05, 4.69) is 0 Å². The molecule has 0 saturated heterocycles. The Balaban J connectivity index is 2.70. The van der Waals surface area contributed by atoms with Crippen LogP contribution < -0.4 is 0 Å². The van der Waals surface area contributed by atoms with E-state index in [4.69, 9.17) is 0 Å². The molecule has 0 unspecified atom stereocenters. The van der Waals surface area contributed by atoms with Crippen LogP contribution in [0.25, 0.3) is 0 Å². The van der Waals surface area contributed by atoms with Crippen LogP contribution in [0.4, 0.5) is 0 Å². The molecule has 0 aliphatic carbocycles. The number of benzene rings is 1. The van der Waals surface area contributed by atoms with Crippen LogP contribution >= 0.6 is 0 Å². The van der Waals surface area contributed by atoms with E-state index in [0.29, 0.717) is 0 Å². The number of hydrogen-bond donors (Lipinski definition) is 0. The molecule has 0 aliphatic rings. The second kappa shape index (κ2) is 5.78. The summed E-state index contributed by atoms with van der Waals surface area (Å²) in [6.45, 7) is 3.85. The molecule has 5 heteroatoms. The lowest BCUT2D eigenvalue weighted by Gasteiger charge is -2.12. The molecule has 17 heavy (non-hydrogen) atoms. The van der Waals surface area contributed by atoms with Crippen LogP contribution in [0.5, 0.6) is 0 Å². The molecular weight excluding hydrogens is 256 g/mol. The molecule has 0 saturated carbocycles. The van der Waals surface area contributed by atoms with Crippen molar-refractivity contribution >= 4 is 20.6 Å². The minimum atomic E-state index is -3.04. The van der Waals surface area contributed by atoms with Crippen molar-refractivity contribution in [2.75, 3.05) is 17.8 Å². The van der Waals surface area contributed by atoms with E-state index in [1.807, 2.05) is 38.1 Å². The Labute approximate surface area is 106 Å². The largest absolute Gasteiger partial charge is 0.259 e. The molecule has 0 aromatic heterocycles. The first-order chi connectivity index (χ1) is 7.79. The van der Waals surface area contributed by atoms with Crippen molar-refractivity contribution in [1.29, 1.82) is 0 Å². The van der Waals surface area contributed by atoms with Crippen molar-refractivity contribution in [2.45, 2.75) is 19.1 Å². The van der Waals surface area contributed by atoms with Crippen molar-refractivity contribution in [3.63, 3.8) is 0 Å². The zero-order chi connectivity index (χ0) is 13.1. The Morgan fingerprint density at radius 3 is 2.53 bits per heavy atom. The summed E-state index contributed by atoms with van der Waals surface area (Å²) in [6, 6.07) is 7.82.